The first-order chi connectivity index (χ1) is 10.7. The lowest BCUT2D eigenvalue weighted by molar-refractivity contribution is 0.708. The van der Waals surface area contributed by atoms with E-state index in [0.717, 1.165) is 22.8 Å². The fourth-order valence-electron chi connectivity index (χ4n) is 3.03. The standard InChI is InChI=1S/C18H18ClN3/c19-14-2-1-3-16(10-14)22-18(11-17(21-22)12-4-5-12)13-6-8-15(20)9-7-13/h1-3,6-10,12,18H,4-5,11,20H2. The second-order valence-electron chi connectivity index (χ2n) is 6.08. The van der Waals surface area contributed by atoms with Crippen LogP contribution in [0.2, 0.25) is 5.02 Å². The molecule has 0 radical (unpaired) electrons. The van der Waals surface area contributed by atoms with E-state index in [9.17, 15) is 0 Å². The molecule has 3 nitrogen and oxygen atoms in total. The summed E-state index contributed by atoms with van der Waals surface area (Å²) in [6.07, 6.45) is 3.54. The minimum Gasteiger partial charge on any atom is -0.399 e. The van der Waals surface area contributed by atoms with Crippen molar-refractivity contribution in [2.75, 3.05) is 10.7 Å². The zero-order valence-corrected chi connectivity index (χ0v) is 13.0. The highest BCUT2D eigenvalue weighted by molar-refractivity contribution is 6.30. The number of halogens is 1. The predicted octanol–water partition coefficient (Wildman–Crippen LogP) is 4.64. The average Bonchev–Trinajstić information content (AvgIpc) is 3.27. The number of nitrogens with two attached hydrogens (primary N) is 1. The van der Waals surface area contributed by atoms with E-state index in [1.165, 1.54) is 24.1 Å². The molecule has 1 atom stereocenters. The second-order valence-corrected chi connectivity index (χ2v) is 6.51. The van der Waals surface area contributed by atoms with Crippen LogP contribution in [0.15, 0.2) is 53.6 Å². The molecule has 0 saturated heterocycles. The first-order valence-corrected chi connectivity index (χ1v) is 8.06. The Labute approximate surface area is 135 Å². The molecule has 0 bridgehead atoms. The molecule has 2 aliphatic rings. The van der Waals surface area contributed by atoms with Gasteiger partial charge in [0.2, 0.25) is 0 Å². The van der Waals surface area contributed by atoms with Gasteiger partial charge in [-0.25, -0.2) is 0 Å². The molecule has 2 aromatic carbocycles. The SMILES string of the molecule is Nc1ccc(C2CC(C3CC3)=NN2c2cccc(Cl)c2)cc1. The number of rotatable bonds is 3. The van der Waals surface area contributed by atoms with E-state index in [2.05, 4.69) is 23.2 Å². The zero-order chi connectivity index (χ0) is 15.1. The highest BCUT2D eigenvalue weighted by Gasteiger charge is 2.37. The van der Waals surface area contributed by atoms with Gasteiger partial charge in [0.1, 0.15) is 0 Å². The van der Waals surface area contributed by atoms with Crippen molar-refractivity contribution < 1.29 is 0 Å². The van der Waals surface area contributed by atoms with Crippen LogP contribution in [0, 0.1) is 5.92 Å². The third-order valence-corrected chi connectivity index (χ3v) is 4.61. The highest BCUT2D eigenvalue weighted by Crippen LogP contribution is 2.42. The van der Waals surface area contributed by atoms with Gasteiger partial charge in [0.25, 0.3) is 0 Å². The lowest BCUT2D eigenvalue weighted by Crippen LogP contribution is -2.18. The topological polar surface area (TPSA) is 41.6 Å². The smallest absolute Gasteiger partial charge is 0.0828 e. The van der Waals surface area contributed by atoms with Crippen molar-refractivity contribution in [2.24, 2.45) is 11.0 Å². The van der Waals surface area contributed by atoms with Gasteiger partial charge in [-0.2, -0.15) is 5.10 Å². The second kappa shape index (κ2) is 5.33. The van der Waals surface area contributed by atoms with Crippen LogP contribution in [0.25, 0.3) is 0 Å². The fourth-order valence-corrected chi connectivity index (χ4v) is 3.22. The van der Waals surface area contributed by atoms with Crippen LogP contribution < -0.4 is 10.7 Å². The number of hydrazone groups is 1. The van der Waals surface area contributed by atoms with Crippen LogP contribution in [-0.2, 0) is 0 Å². The molecule has 1 unspecified atom stereocenters. The van der Waals surface area contributed by atoms with Crippen LogP contribution in [-0.4, -0.2) is 5.71 Å². The molecule has 1 fully saturated rings. The highest BCUT2D eigenvalue weighted by atomic mass is 35.5. The molecule has 1 saturated carbocycles. The van der Waals surface area contributed by atoms with Gasteiger partial charge >= 0.3 is 0 Å². The summed E-state index contributed by atoms with van der Waals surface area (Å²) in [6.45, 7) is 0. The van der Waals surface area contributed by atoms with Gasteiger partial charge in [-0.3, -0.25) is 5.01 Å². The number of hydrogen-bond donors (Lipinski definition) is 1. The molecule has 1 heterocycles. The molecule has 0 spiro atoms. The summed E-state index contributed by atoms with van der Waals surface area (Å²) in [7, 11) is 0. The number of benzene rings is 2. The van der Waals surface area contributed by atoms with Crippen molar-refractivity contribution in [3.63, 3.8) is 0 Å². The zero-order valence-electron chi connectivity index (χ0n) is 12.2. The third kappa shape index (κ3) is 2.57. The van der Waals surface area contributed by atoms with Crippen LogP contribution in [0.4, 0.5) is 11.4 Å². The summed E-state index contributed by atoms with van der Waals surface area (Å²) in [5.41, 5.74) is 10.2. The maximum atomic E-state index is 6.16. The van der Waals surface area contributed by atoms with E-state index in [0.29, 0.717) is 5.92 Å². The summed E-state index contributed by atoms with van der Waals surface area (Å²) in [5, 5.41) is 7.76. The summed E-state index contributed by atoms with van der Waals surface area (Å²) in [6, 6.07) is 16.3. The van der Waals surface area contributed by atoms with Crippen LogP contribution in [0.5, 0.6) is 0 Å². The number of nitrogens with zero attached hydrogens (tertiary/aromatic N) is 2. The Kier molecular flexibility index (Phi) is 3.30. The average molecular weight is 312 g/mol. The molecule has 1 aliphatic carbocycles. The van der Waals surface area contributed by atoms with Gasteiger partial charge in [-0.15, -0.1) is 0 Å². The van der Waals surface area contributed by atoms with E-state index < -0.39 is 0 Å². The van der Waals surface area contributed by atoms with E-state index in [-0.39, 0.29) is 6.04 Å². The maximum Gasteiger partial charge on any atom is 0.0828 e. The fraction of sp³-hybridized carbons (Fsp3) is 0.278. The Morgan fingerprint density at radius 1 is 1.09 bits per heavy atom. The largest absolute Gasteiger partial charge is 0.399 e. The lowest BCUT2D eigenvalue weighted by Gasteiger charge is -2.24. The molecule has 4 rings (SSSR count). The van der Waals surface area contributed by atoms with Crippen LogP contribution >= 0.6 is 11.6 Å². The van der Waals surface area contributed by atoms with E-state index >= 15 is 0 Å². The Morgan fingerprint density at radius 3 is 2.55 bits per heavy atom. The molecule has 2 aromatic rings. The Morgan fingerprint density at radius 2 is 1.86 bits per heavy atom. The number of anilines is 2. The summed E-state index contributed by atoms with van der Waals surface area (Å²) in [4.78, 5) is 0. The first-order valence-electron chi connectivity index (χ1n) is 7.68. The summed E-state index contributed by atoms with van der Waals surface area (Å²) in [5.74, 6) is 0.681. The monoisotopic (exact) mass is 311 g/mol. The third-order valence-electron chi connectivity index (χ3n) is 4.38. The van der Waals surface area contributed by atoms with Crippen molar-refractivity contribution >= 4 is 28.7 Å². The Hall–Kier alpha value is -2.00. The predicted molar refractivity (Wildman–Crippen MR) is 92.3 cm³/mol. The lowest BCUT2D eigenvalue weighted by atomic mass is 9.99. The molecule has 0 amide bonds. The van der Waals surface area contributed by atoms with E-state index in [4.69, 9.17) is 22.4 Å². The minimum atomic E-state index is 0.231. The Bertz CT molecular complexity index is 719. The molecule has 112 valence electrons. The first kappa shape index (κ1) is 13.6. The normalized spacial score (nSPS) is 21.0. The summed E-state index contributed by atoms with van der Waals surface area (Å²) < 4.78 is 0. The Balaban J connectivity index is 1.71. The van der Waals surface area contributed by atoms with Crippen molar-refractivity contribution in [2.45, 2.75) is 25.3 Å². The van der Waals surface area contributed by atoms with Gasteiger partial charge in [0.15, 0.2) is 0 Å². The van der Waals surface area contributed by atoms with Crippen molar-refractivity contribution in [1.29, 1.82) is 0 Å². The van der Waals surface area contributed by atoms with Crippen molar-refractivity contribution in [3.8, 4) is 0 Å². The number of nitrogen functional groups attached to an aromatic ring is 1. The molecule has 1 aliphatic heterocycles. The molecule has 4 heteroatoms. The quantitative estimate of drug-likeness (QED) is 0.839. The van der Waals surface area contributed by atoms with Gasteiger partial charge in [0.05, 0.1) is 11.7 Å². The number of hydrogen-bond acceptors (Lipinski definition) is 3. The van der Waals surface area contributed by atoms with E-state index in [1.807, 2.05) is 30.3 Å². The van der Waals surface area contributed by atoms with Gasteiger partial charge in [-0.05, 0) is 54.7 Å². The van der Waals surface area contributed by atoms with Crippen LogP contribution in [0.3, 0.4) is 0 Å². The molecule has 22 heavy (non-hydrogen) atoms. The molecule has 2 N–H and O–H groups in total. The van der Waals surface area contributed by atoms with Crippen LogP contribution in [0.1, 0.15) is 30.9 Å². The summed E-state index contributed by atoms with van der Waals surface area (Å²) >= 11 is 6.16. The van der Waals surface area contributed by atoms with Gasteiger partial charge < -0.3 is 5.73 Å². The van der Waals surface area contributed by atoms with Gasteiger partial charge in [-0.1, -0.05) is 29.8 Å². The molecular formula is C18H18ClN3. The molecule has 0 aromatic heterocycles. The van der Waals surface area contributed by atoms with Gasteiger partial charge in [0, 0.05) is 22.8 Å². The van der Waals surface area contributed by atoms with Crippen molar-refractivity contribution in [3.05, 3.63) is 59.1 Å². The van der Waals surface area contributed by atoms with E-state index in [1.54, 1.807) is 0 Å². The maximum absolute atomic E-state index is 6.16. The minimum absolute atomic E-state index is 0.231. The van der Waals surface area contributed by atoms with Crippen molar-refractivity contribution in [1.82, 2.24) is 0 Å². The molecular weight excluding hydrogens is 294 g/mol.